The average molecular weight is 926 g/mol. The number of esters is 3. The molecule has 0 unspecified atom stereocenters. The van der Waals surface area contributed by atoms with E-state index in [9.17, 15) is 14.4 Å². The highest BCUT2D eigenvalue weighted by molar-refractivity contribution is 6.00. The number of rotatable bonds is 51. The molecule has 0 amide bonds. The maximum Gasteiger partial charge on any atom is 0.338 e. The van der Waals surface area contributed by atoms with Crippen molar-refractivity contribution in [1.29, 1.82) is 0 Å². The van der Waals surface area contributed by atoms with Crippen LogP contribution in [0.1, 0.15) is 341 Å². The Morgan fingerprint density at radius 2 is 0.379 bits per heavy atom. The fourth-order valence-corrected chi connectivity index (χ4v) is 9.15. The van der Waals surface area contributed by atoms with E-state index in [4.69, 9.17) is 14.2 Å². The lowest BCUT2D eigenvalue weighted by Crippen LogP contribution is -2.14. The molecule has 0 fully saturated rings. The van der Waals surface area contributed by atoms with Crippen LogP contribution in [0.2, 0.25) is 0 Å². The second kappa shape index (κ2) is 49.1. The van der Waals surface area contributed by atoms with Crippen LogP contribution in [0.4, 0.5) is 0 Å². The summed E-state index contributed by atoms with van der Waals surface area (Å²) in [5.41, 5.74) is 0.573. The summed E-state index contributed by atoms with van der Waals surface area (Å²) < 4.78 is 17.0. The third-order valence-corrected chi connectivity index (χ3v) is 13.6. The molecule has 0 saturated carbocycles. The van der Waals surface area contributed by atoms with Gasteiger partial charge in [-0.15, -0.1) is 0 Å². The smallest absolute Gasteiger partial charge is 0.338 e. The van der Waals surface area contributed by atoms with E-state index in [1.807, 2.05) is 0 Å². The van der Waals surface area contributed by atoms with E-state index < -0.39 is 17.9 Å². The van der Waals surface area contributed by atoms with E-state index in [2.05, 4.69) is 20.8 Å². The molecule has 1 rings (SSSR count). The molecule has 0 aliphatic heterocycles. The summed E-state index contributed by atoms with van der Waals surface area (Å²) >= 11 is 0. The molecule has 0 N–H and O–H groups in total. The summed E-state index contributed by atoms with van der Waals surface area (Å²) in [6.07, 6.45) is 57.4. The Bertz CT molecular complexity index is 1070. The fraction of sp³-hybridized carbons (Fsp3) is 0.850. The van der Waals surface area contributed by atoms with Crippen LogP contribution >= 0.6 is 0 Å². The van der Waals surface area contributed by atoms with E-state index in [0.29, 0.717) is 19.8 Å². The average Bonchev–Trinajstić information content (AvgIpc) is 3.33. The Morgan fingerprint density at radius 3 is 0.530 bits per heavy atom. The maximum absolute atomic E-state index is 13.2. The maximum atomic E-state index is 13.2. The first-order chi connectivity index (χ1) is 32.5. The van der Waals surface area contributed by atoms with Gasteiger partial charge in [0.1, 0.15) is 0 Å². The van der Waals surface area contributed by atoms with Crippen LogP contribution in [-0.2, 0) is 14.2 Å². The third kappa shape index (κ3) is 39.6. The zero-order chi connectivity index (χ0) is 47.6. The van der Waals surface area contributed by atoms with Gasteiger partial charge >= 0.3 is 17.9 Å². The van der Waals surface area contributed by atoms with Gasteiger partial charge in [0.25, 0.3) is 0 Å². The van der Waals surface area contributed by atoms with E-state index in [1.54, 1.807) is 0 Å². The van der Waals surface area contributed by atoms with Gasteiger partial charge in [0.15, 0.2) is 0 Å². The van der Waals surface area contributed by atoms with E-state index >= 15 is 0 Å². The van der Waals surface area contributed by atoms with Crippen LogP contribution in [0.25, 0.3) is 0 Å². The normalized spacial score (nSPS) is 11.3. The summed E-state index contributed by atoms with van der Waals surface area (Å²) in [5, 5.41) is 0. The molecule has 0 spiro atoms. The molecule has 1 aromatic carbocycles. The lowest BCUT2D eigenvalue weighted by molar-refractivity contribution is 0.0494. The van der Waals surface area contributed by atoms with Crippen molar-refractivity contribution in [2.75, 3.05) is 19.8 Å². The minimum atomic E-state index is -0.520. The SMILES string of the molecule is CCCCCCCCCCCCCCCCCOC(=O)c1cc(C(=O)OCCCCCCCCCCCCCCCCC)cc(C(=O)OCCCCCCCCCCCCCCCCC)c1. The summed E-state index contributed by atoms with van der Waals surface area (Å²) in [5.74, 6) is -1.56. The molecule has 0 aliphatic rings. The van der Waals surface area contributed by atoms with Crippen molar-refractivity contribution >= 4 is 17.9 Å². The molecular weight excluding hydrogens is 817 g/mol. The Morgan fingerprint density at radius 1 is 0.242 bits per heavy atom. The van der Waals surface area contributed by atoms with E-state index in [-0.39, 0.29) is 16.7 Å². The number of hydrogen-bond donors (Lipinski definition) is 0. The lowest BCUT2D eigenvalue weighted by Gasteiger charge is -2.11. The predicted octanol–water partition coefficient (Wildman–Crippen LogP) is 19.8. The first kappa shape index (κ1) is 61.6. The van der Waals surface area contributed by atoms with Crippen molar-refractivity contribution in [2.45, 2.75) is 310 Å². The number of benzene rings is 1. The van der Waals surface area contributed by atoms with Crippen molar-refractivity contribution in [2.24, 2.45) is 0 Å². The summed E-state index contributed by atoms with van der Waals surface area (Å²) in [7, 11) is 0. The molecule has 384 valence electrons. The van der Waals surface area contributed by atoms with Crippen LogP contribution in [0.3, 0.4) is 0 Å². The second-order valence-electron chi connectivity index (χ2n) is 20.1. The third-order valence-electron chi connectivity index (χ3n) is 13.6. The van der Waals surface area contributed by atoms with Gasteiger partial charge in [-0.3, -0.25) is 0 Å². The number of hydrogen-bond acceptors (Lipinski definition) is 6. The highest BCUT2D eigenvalue weighted by Gasteiger charge is 2.19. The quantitative estimate of drug-likeness (QED) is 0.0368. The molecule has 0 bridgehead atoms. The van der Waals surface area contributed by atoms with Crippen molar-refractivity contribution in [1.82, 2.24) is 0 Å². The van der Waals surface area contributed by atoms with Crippen molar-refractivity contribution < 1.29 is 28.6 Å². The van der Waals surface area contributed by atoms with Gasteiger partial charge in [-0.05, 0) is 37.5 Å². The molecule has 6 heteroatoms. The van der Waals surface area contributed by atoms with Crippen LogP contribution in [0.5, 0.6) is 0 Å². The van der Waals surface area contributed by atoms with E-state index in [0.717, 1.165) is 57.8 Å². The number of carbonyl (C=O) groups excluding carboxylic acids is 3. The second-order valence-corrected chi connectivity index (χ2v) is 20.1. The monoisotopic (exact) mass is 925 g/mol. The molecule has 0 saturated heterocycles. The van der Waals surface area contributed by atoms with Crippen LogP contribution in [0.15, 0.2) is 18.2 Å². The van der Waals surface area contributed by atoms with Gasteiger partial charge in [-0.2, -0.15) is 0 Å². The number of carbonyl (C=O) groups is 3. The minimum Gasteiger partial charge on any atom is -0.462 e. The molecule has 6 nitrogen and oxygen atoms in total. The number of unbranched alkanes of at least 4 members (excludes halogenated alkanes) is 42. The fourth-order valence-electron chi connectivity index (χ4n) is 9.15. The molecule has 0 heterocycles. The standard InChI is InChI=1S/C60H108O6/c1-4-7-10-13-16-19-22-25-28-31-34-37-40-43-46-49-64-58(61)55-52-56(59(62)65-50-47-44-41-38-35-32-29-26-23-20-17-14-11-8-5-2)54-57(53-55)60(63)66-51-48-45-42-39-36-33-30-27-24-21-18-15-12-9-6-3/h52-54H,4-51H2,1-3H3. The van der Waals surface area contributed by atoms with Gasteiger partial charge in [-0.1, -0.05) is 290 Å². The Balaban J connectivity index is 2.44. The van der Waals surface area contributed by atoms with E-state index in [1.165, 1.54) is 249 Å². The zero-order valence-corrected chi connectivity index (χ0v) is 44.1. The number of ether oxygens (including phenoxy) is 3. The first-order valence-corrected chi connectivity index (χ1v) is 29.2. The summed E-state index contributed by atoms with van der Waals surface area (Å²) in [6, 6.07) is 4.53. The van der Waals surface area contributed by atoms with Crippen LogP contribution in [0, 0.1) is 0 Å². The van der Waals surface area contributed by atoms with Gasteiger partial charge in [-0.25, -0.2) is 14.4 Å². The molecule has 1 aromatic rings. The van der Waals surface area contributed by atoms with Crippen LogP contribution < -0.4 is 0 Å². The van der Waals surface area contributed by atoms with Gasteiger partial charge < -0.3 is 14.2 Å². The van der Waals surface area contributed by atoms with Crippen molar-refractivity contribution in [3.63, 3.8) is 0 Å². The predicted molar refractivity (Wildman–Crippen MR) is 282 cm³/mol. The van der Waals surface area contributed by atoms with Crippen molar-refractivity contribution in [3.05, 3.63) is 34.9 Å². The lowest BCUT2D eigenvalue weighted by atomic mass is 10.0. The molecule has 66 heavy (non-hydrogen) atoms. The molecule has 0 aliphatic carbocycles. The first-order valence-electron chi connectivity index (χ1n) is 29.2. The Labute approximate surface area is 409 Å². The minimum absolute atomic E-state index is 0.191. The van der Waals surface area contributed by atoms with Gasteiger partial charge in [0.05, 0.1) is 36.5 Å². The van der Waals surface area contributed by atoms with Gasteiger partial charge in [0, 0.05) is 0 Å². The van der Waals surface area contributed by atoms with Crippen LogP contribution in [-0.4, -0.2) is 37.7 Å². The molecular formula is C60H108O6. The highest BCUT2D eigenvalue weighted by Crippen LogP contribution is 2.19. The van der Waals surface area contributed by atoms with Gasteiger partial charge in [0.2, 0.25) is 0 Å². The Kier molecular flexibility index (Phi) is 45.8. The molecule has 0 radical (unpaired) electrons. The van der Waals surface area contributed by atoms with Crippen molar-refractivity contribution in [3.8, 4) is 0 Å². The molecule has 0 aromatic heterocycles. The Hall–Kier alpha value is -2.37. The molecule has 0 atom stereocenters. The summed E-state index contributed by atoms with van der Waals surface area (Å²) in [4.78, 5) is 39.7. The summed E-state index contributed by atoms with van der Waals surface area (Å²) in [6.45, 7) is 7.79. The largest absolute Gasteiger partial charge is 0.462 e. The topological polar surface area (TPSA) is 78.9 Å². The zero-order valence-electron chi connectivity index (χ0n) is 44.1. The highest BCUT2D eigenvalue weighted by atomic mass is 16.5.